The fourth-order valence-corrected chi connectivity index (χ4v) is 1.68. The van der Waals surface area contributed by atoms with E-state index in [1.807, 2.05) is 13.8 Å². The second kappa shape index (κ2) is 5.25. The molecule has 0 fully saturated rings. The van der Waals surface area contributed by atoms with Gasteiger partial charge in [-0.3, -0.25) is 9.36 Å². The first kappa shape index (κ1) is 12.9. The molecule has 0 saturated heterocycles. The molecular weight excluding hydrogens is 202 g/mol. The topological polar surface area (TPSA) is 60.9 Å². The minimum Gasteiger partial charge on any atom is -0.326 e. The van der Waals surface area contributed by atoms with E-state index >= 15 is 0 Å². The largest absolute Gasteiger partial charge is 0.326 e. The second-order valence-electron chi connectivity index (χ2n) is 4.44. The van der Waals surface area contributed by atoms with Crippen LogP contribution in [0.5, 0.6) is 0 Å². The van der Waals surface area contributed by atoms with Crippen molar-refractivity contribution >= 4 is 0 Å². The Morgan fingerprint density at radius 3 is 2.62 bits per heavy atom. The van der Waals surface area contributed by atoms with Crippen LogP contribution < -0.4 is 11.3 Å². The van der Waals surface area contributed by atoms with Crippen LogP contribution in [0.25, 0.3) is 0 Å². The third-order valence-corrected chi connectivity index (χ3v) is 3.10. The summed E-state index contributed by atoms with van der Waals surface area (Å²) in [5.41, 5.74) is 6.80. The summed E-state index contributed by atoms with van der Waals surface area (Å²) in [6.07, 6.45) is 1.02. The SMILES string of the molecule is CCC(C)C(N)Cn1c(C)nc(C)cc1=O. The zero-order chi connectivity index (χ0) is 12.3. The quantitative estimate of drug-likeness (QED) is 0.835. The predicted molar refractivity (Wildman–Crippen MR) is 65.4 cm³/mol. The van der Waals surface area contributed by atoms with E-state index in [0.717, 1.165) is 17.9 Å². The summed E-state index contributed by atoms with van der Waals surface area (Å²) in [5, 5.41) is 0. The lowest BCUT2D eigenvalue weighted by atomic mass is 10.00. The molecule has 1 aromatic heterocycles. The third kappa shape index (κ3) is 2.92. The molecule has 0 saturated carbocycles. The van der Waals surface area contributed by atoms with E-state index in [1.54, 1.807) is 10.6 Å². The van der Waals surface area contributed by atoms with E-state index in [1.165, 1.54) is 0 Å². The van der Waals surface area contributed by atoms with E-state index in [2.05, 4.69) is 18.8 Å². The Morgan fingerprint density at radius 2 is 2.12 bits per heavy atom. The lowest BCUT2D eigenvalue weighted by Gasteiger charge is -2.20. The van der Waals surface area contributed by atoms with Crippen LogP contribution >= 0.6 is 0 Å². The van der Waals surface area contributed by atoms with Crippen LogP contribution in [0.1, 0.15) is 31.8 Å². The normalized spacial score (nSPS) is 14.8. The maximum absolute atomic E-state index is 11.8. The highest BCUT2D eigenvalue weighted by Gasteiger charge is 2.13. The maximum atomic E-state index is 11.8. The van der Waals surface area contributed by atoms with Crippen molar-refractivity contribution < 1.29 is 0 Å². The van der Waals surface area contributed by atoms with Crippen molar-refractivity contribution in [2.45, 2.75) is 46.7 Å². The smallest absolute Gasteiger partial charge is 0.253 e. The summed E-state index contributed by atoms with van der Waals surface area (Å²) in [6, 6.07) is 1.56. The fraction of sp³-hybridized carbons (Fsp3) is 0.667. The van der Waals surface area contributed by atoms with Crippen LogP contribution in [0.4, 0.5) is 0 Å². The van der Waals surface area contributed by atoms with Crippen LogP contribution in [0.3, 0.4) is 0 Å². The van der Waals surface area contributed by atoms with Crippen molar-refractivity contribution in [3.05, 3.63) is 27.9 Å². The molecule has 2 unspecified atom stereocenters. The highest BCUT2D eigenvalue weighted by molar-refractivity contribution is 5.02. The molecule has 90 valence electrons. The van der Waals surface area contributed by atoms with Crippen LogP contribution in [0.2, 0.25) is 0 Å². The van der Waals surface area contributed by atoms with Gasteiger partial charge in [-0.1, -0.05) is 20.3 Å². The average Bonchev–Trinajstić information content (AvgIpc) is 2.21. The lowest BCUT2D eigenvalue weighted by molar-refractivity contribution is 0.386. The molecule has 2 N–H and O–H groups in total. The molecular formula is C12H21N3O. The molecule has 0 aliphatic heterocycles. The van der Waals surface area contributed by atoms with E-state index in [9.17, 15) is 4.79 Å². The van der Waals surface area contributed by atoms with Gasteiger partial charge >= 0.3 is 0 Å². The van der Waals surface area contributed by atoms with Crippen molar-refractivity contribution in [3.8, 4) is 0 Å². The molecule has 1 aromatic rings. The Balaban J connectivity index is 2.94. The number of aryl methyl sites for hydroxylation is 2. The molecule has 0 aromatic carbocycles. The summed E-state index contributed by atoms with van der Waals surface area (Å²) in [7, 11) is 0. The molecule has 0 bridgehead atoms. The van der Waals surface area contributed by atoms with E-state index in [0.29, 0.717) is 12.5 Å². The van der Waals surface area contributed by atoms with E-state index in [-0.39, 0.29) is 11.6 Å². The molecule has 0 aliphatic carbocycles. The van der Waals surface area contributed by atoms with Gasteiger partial charge in [0.1, 0.15) is 5.82 Å². The predicted octanol–water partition coefficient (Wildman–Crippen LogP) is 1.23. The first-order valence-electron chi connectivity index (χ1n) is 5.76. The standard InChI is InChI=1S/C12H21N3O/c1-5-8(2)11(13)7-15-10(4)14-9(3)6-12(15)16/h6,8,11H,5,7,13H2,1-4H3. The van der Waals surface area contributed by atoms with Crippen molar-refractivity contribution in [1.82, 2.24) is 9.55 Å². The van der Waals surface area contributed by atoms with Gasteiger partial charge in [0.2, 0.25) is 0 Å². The zero-order valence-corrected chi connectivity index (χ0v) is 10.5. The molecule has 16 heavy (non-hydrogen) atoms. The Labute approximate surface area is 96.5 Å². The van der Waals surface area contributed by atoms with Gasteiger partial charge in [-0.2, -0.15) is 0 Å². The lowest BCUT2D eigenvalue weighted by Crippen LogP contribution is -2.37. The number of aromatic nitrogens is 2. The first-order valence-corrected chi connectivity index (χ1v) is 5.76. The van der Waals surface area contributed by atoms with Crippen molar-refractivity contribution in [1.29, 1.82) is 0 Å². The fourth-order valence-electron chi connectivity index (χ4n) is 1.68. The molecule has 4 nitrogen and oxygen atoms in total. The minimum absolute atomic E-state index is 0.00547. The molecule has 2 atom stereocenters. The number of rotatable bonds is 4. The molecule has 0 aliphatic rings. The van der Waals surface area contributed by atoms with Crippen LogP contribution in [-0.2, 0) is 6.54 Å². The number of nitrogens with zero attached hydrogens (tertiary/aromatic N) is 2. The highest BCUT2D eigenvalue weighted by Crippen LogP contribution is 2.07. The monoisotopic (exact) mass is 223 g/mol. The summed E-state index contributed by atoms with van der Waals surface area (Å²) < 4.78 is 1.66. The first-order chi connectivity index (χ1) is 7.45. The summed E-state index contributed by atoms with van der Waals surface area (Å²) in [4.78, 5) is 16.1. The van der Waals surface area contributed by atoms with Gasteiger partial charge in [0.15, 0.2) is 0 Å². The van der Waals surface area contributed by atoms with Gasteiger partial charge in [-0.25, -0.2) is 4.98 Å². The van der Waals surface area contributed by atoms with Crippen LogP contribution in [0, 0.1) is 19.8 Å². The Hall–Kier alpha value is -1.16. The Bertz CT molecular complexity index is 411. The maximum Gasteiger partial charge on any atom is 0.253 e. The molecule has 0 amide bonds. The number of nitrogens with two attached hydrogens (primary N) is 1. The van der Waals surface area contributed by atoms with Gasteiger partial charge < -0.3 is 5.73 Å². The van der Waals surface area contributed by atoms with Gasteiger partial charge in [0.05, 0.1) is 0 Å². The average molecular weight is 223 g/mol. The molecule has 4 heteroatoms. The van der Waals surface area contributed by atoms with Gasteiger partial charge in [-0.15, -0.1) is 0 Å². The molecule has 0 spiro atoms. The summed E-state index contributed by atoms with van der Waals surface area (Å²) in [5.74, 6) is 1.15. The van der Waals surface area contributed by atoms with Crippen LogP contribution in [0.15, 0.2) is 10.9 Å². The molecule has 0 radical (unpaired) electrons. The van der Waals surface area contributed by atoms with Gasteiger partial charge in [-0.05, 0) is 19.8 Å². The molecule has 1 rings (SSSR count). The van der Waals surface area contributed by atoms with Gasteiger partial charge in [0, 0.05) is 24.3 Å². The summed E-state index contributed by atoms with van der Waals surface area (Å²) >= 11 is 0. The second-order valence-corrected chi connectivity index (χ2v) is 4.44. The number of hydrogen-bond donors (Lipinski definition) is 1. The van der Waals surface area contributed by atoms with Crippen molar-refractivity contribution in [2.75, 3.05) is 0 Å². The minimum atomic E-state index is -0.0104. The van der Waals surface area contributed by atoms with Crippen molar-refractivity contribution in [3.63, 3.8) is 0 Å². The van der Waals surface area contributed by atoms with E-state index in [4.69, 9.17) is 5.73 Å². The molecule has 1 heterocycles. The van der Waals surface area contributed by atoms with Gasteiger partial charge in [0.25, 0.3) is 5.56 Å². The Kier molecular flexibility index (Phi) is 4.24. The Morgan fingerprint density at radius 1 is 1.50 bits per heavy atom. The number of hydrogen-bond acceptors (Lipinski definition) is 3. The summed E-state index contributed by atoms with van der Waals surface area (Å²) in [6.45, 7) is 8.43. The third-order valence-electron chi connectivity index (χ3n) is 3.10. The van der Waals surface area contributed by atoms with Crippen LogP contribution in [-0.4, -0.2) is 15.6 Å². The van der Waals surface area contributed by atoms with E-state index < -0.39 is 0 Å². The zero-order valence-electron chi connectivity index (χ0n) is 10.5. The van der Waals surface area contributed by atoms with Crippen molar-refractivity contribution in [2.24, 2.45) is 11.7 Å². The highest BCUT2D eigenvalue weighted by atomic mass is 16.1.